The third-order valence-electron chi connectivity index (χ3n) is 4.80. The molecule has 0 aromatic heterocycles. The third kappa shape index (κ3) is 3.22. The number of hydrogen-bond donors (Lipinski definition) is 2. The van der Waals surface area contributed by atoms with Gasteiger partial charge < -0.3 is 15.3 Å². The van der Waals surface area contributed by atoms with Crippen molar-refractivity contribution in [3.8, 4) is 0 Å². The number of aliphatic carboxylic acids is 1. The summed E-state index contributed by atoms with van der Waals surface area (Å²) >= 11 is 0. The molecule has 1 aromatic carbocycles. The molecule has 0 saturated carbocycles. The van der Waals surface area contributed by atoms with Crippen molar-refractivity contribution in [2.75, 3.05) is 24.5 Å². The van der Waals surface area contributed by atoms with Crippen LogP contribution in [0.1, 0.15) is 29.5 Å². The SMILES string of the molecule is Cc1c(/C=C2/NC(=O)N(CC(=O)O)C2=O)ccc(N2CCCC2)c1C. The number of nitrogens with one attached hydrogen (secondary N) is 1. The zero-order valence-corrected chi connectivity index (χ0v) is 14.3. The molecular weight excluding hydrogens is 322 g/mol. The molecule has 2 saturated heterocycles. The monoisotopic (exact) mass is 343 g/mol. The number of hydrogen-bond acceptors (Lipinski definition) is 4. The Morgan fingerprint density at radius 3 is 2.52 bits per heavy atom. The second-order valence-corrected chi connectivity index (χ2v) is 6.39. The lowest BCUT2D eigenvalue weighted by molar-refractivity contribution is -0.140. The van der Waals surface area contributed by atoms with Crippen molar-refractivity contribution in [3.05, 3.63) is 34.5 Å². The summed E-state index contributed by atoms with van der Waals surface area (Å²) in [7, 11) is 0. The number of rotatable bonds is 4. The maximum absolute atomic E-state index is 12.2. The average molecular weight is 343 g/mol. The van der Waals surface area contributed by atoms with Gasteiger partial charge in [-0.1, -0.05) is 6.07 Å². The summed E-state index contributed by atoms with van der Waals surface area (Å²) in [5.74, 6) is -1.85. The lowest BCUT2D eigenvalue weighted by Crippen LogP contribution is -2.35. The van der Waals surface area contributed by atoms with Crippen molar-refractivity contribution in [3.63, 3.8) is 0 Å². The summed E-state index contributed by atoms with van der Waals surface area (Å²) in [5, 5.41) is 11.3. The van der Waals surface area contributed by atoms with E-state index in [4.69, 9.17) is 5.11 Å². The lowest BCUT2D eigenvalue weighted by Gasteiger charge is -2.22. The Morgan fingerprint density at radius 1 is 1.20 bits per heavy atom. The number of benzene rings is 1. The molecule has 132 valence electrons. The van der Waals surface area contributed by atoms with E-state index in [1.165, 1.54) is 18.5 Å². The first-order chi connectivity index (χ1) is 11.9. The van der Waals surface area contributed by atoms with E-state index in [9.17, 15) is 14.4 Å². The minimum atomic E-state index is -1.23. The number of carboxylic acid groups (broad SMARTS) is 1. The fraction of sp³-hybridized carbons (Fsp3) is 0.389. The van der Waals surface area contributed by atoms with Gasteiger partial charge in [0.2, 0.25) is 0 Å². The summed E-state index contributed by atoms with van der Waals surface area (Å²) in [5.41, 5.74) is 4.32. The van der Waals surface area contributed by atoms with Gasteiger partial charge in [0.1, 0.15) is 12.2 Å². The van der Waals surface area contributed by atoms with Gasteiger partial charge in [-0.05, 0) is 55.5 Å². The Bertz CT molecular complexity index is 779. The van der Waals surface area contributed by atoms with Crippen LogP contribution in [0, 0.1) is 13.8 Å². The van der Waals surface area contributed by atoms with Crippen LogP contribution in [-0.4, -0.2) is 47.5 Å². The van der Waals surface area contributed by atoms with Gasteiger partial charge in [-0.25, -0.2) is 9.69 Å². The van der Waals surface area contributed by atoms with Crippen LogP contribution in [0.2, 0.25) is 0 Å². The minimum absolute atomic E-state index is 0.0997. The molecule has 2 fully saturated rings. The zero-order chi connectivity index (χ0) is 18.1. The fourth-order valence-electron chi connectivity index (χ4n) is 3.29. The first-order valence-electron chi connectivity index (χ1n) is 8.30. The maximum Gasteiger partial charge on any atom is 0.329 e. The zero-order valence-electron chi connectivity index (χ0n) is 14.3. The van der Waals surface area contributed by atoms with Crippen molar-refractivity contribution in [2.24, 2.45) is 0 Å². The first kappa shape index (κ1) is 17.0. The van der Waals surface area contributed by atoms with Crippen LogP contribution >= 0.6 is 0 Å². The average Bonchev–Trinajstić information content (AvgIpc) is 3.16. The fourth-order valence-corrected chi connectivity index (χ4v) is 3.29. The highest BCUT2D eigenvalue weighted by atomic mass is 16.4. The third-order valence-corrected chi connectivity index (χ3v) is 4.80. The molecule has 2 heterocycles. The second-order valence-electron chi connectivity index (χ2n) is 6.39. The molecule has 0 bridgehead atoms. The van der Waals surface area contributed by atoms with Gasteiger partial charge in [0.15, 0.2) is 0 Å². The van der Waals surface area contributed by atoms with Crippen molar-refractivity contribution >= 4 is 29.7 Å². The Morgan fingerprint density at radius 2 is 1.88 bits per heavy atom. The number of urea groups is 1. The summed E-state index contributed by atoms with van der Waals surface area (Å²) < 4.78 is 0. The molecule has 0 aliphatic carbocycles. The van der Waals surface area contributed by atoms with Gasteiger partial charge in [-0.15, -0.1) is 0 Å². The number of imide groups is 1. The molecule has 7 heteroatoms. The lowest BCUT2D eigenvalue weighted by atomic mass is 10.00. The quantitative estimate of drug-likeness (QED) is 0.643. The first-order valence-corrected chi connectivity index (χ1v) is 8.30. The van der Waals surface area contributed by atoms with Gasteiger partial charge in [0.25, 0.3) is 5.91 Å². The van der Waals surface area contributed by atoms with E-state index >= 15 is 0 Å². The number of carbonyl (C=O) groups excluding carboxylic acids is 2. The van der Waals surface area contributed by atoms with Gasteiger partial charge in [0.05, 0.1) is 0 Å². The predicted molar refractivity (Wildman–Crippen MR) is 93.2 cm³/mol. The molecule has 0 spiro atoms. The van der Waals surface area contributed by atoms with Crippen LogP contribution in [0.5, 0.6) is 0 Å². The number of amides is 3. The smallest absolute Gasteiger partial charge is 0.329 e. The molecule has 7 nitrogen and oxygen atoms in total. The highest BCUT2D eigenvalue weighted by molar-refractivity contribution is 6.15. The van der Waals surface area contributed by atoms with Crippen molar-refractivity contribution in [1.82, 2.24) is 10.2 Å². The van der Waals surface area contributed by atoms with E-state index in [-0.39, 0.29) is 5.70 Å². The Kier molecular flexibility index (Phi) is 4.48. The molecule has 3 rings (SSSR count). The van der Waals surface area contributed by atoms with Crippen LogP contribution < -0.4 is 10.2 Å². The summed E-state index contributed by atoms with van der Waals surface area (Å²) in [6.45, 7) is 5.50. The standard InChI is InChI=1S/C18H21N3O4/c1-11-12(2)15(20-7-3-4-8-20)6-5-13(11)9-14-17(24)21(10-16(22)23)18(25)19-14/h5-6,9H,3-4,7-8,10H2,1-2H3,(H,19,25)(H,22,23)/b14-9+. The molecule has 0 unspecified atom stereocenters. The van der Waals surface area contributed by atoms with Crippen molar-refractivity contribution in [1.29, 1.82) is 0 Å². The summed E-state index contributed by atoms with van der Waals surface area (Å²) in [6.07, 6.45) is 4.01. The molecule has 0 atom stereocenters. The topological polar surface area (TPSA) is 90.0 Å². The molecule has 3 amide bonds. The largest absolute Gasteiger partial charge is 0.480 e. The van der Waals surface area contributed by atoms with E-state index in [0.717, 1.165) is 29.8 Å². The maximum atomic E-state index is 12.2. The van der Waals surface area contributed by atoms with Crippen LogP contribution in [0.3, 0.4) is 0 Å². The van der Waals surface area contributed by atoms with E-state index in [1.54, 1.807) is 6.08 Å². The highest BCUT2D eigenvalue weighted by Gasteiger charge is 2.35. The predicted octanol–water partition coefficient (Wildman–Crippen LogP) is 1.88. The number of carboxylic acids is 1. The van der Waals surface area contributed by atoms with Crippen LogP contribution in [0.25, 0.3) is 6.08 Å². The molecule has 2 aliphatic heterocycles. The molecule has 2 N–H and O–H groups in total. The Hall–Kier alpha value is -2.83. The van der Waals surface area contributed by atoms with E-state index in [0.29, 0.717) is 4.90 Å². The van der Waals surface area contributed by atoms with Crippen LogP contribution in [0.4, 0.5) is 10.5 Å². The second kappa shape index (κ2) is 6.58. The Labute approximate surface area is 145 Å². The van der Waals surface area contributed by atoms with Gasteiger partial charge in [0, 0.05) is 18.8 Å². The van der Waals surface area contributed by atoms with Crippen LogP contribution in [0.15, 0.2) is 17.8 Å². The van der Waals surface area contributed by atoms with Crippen molar-refractivity contribution in [2.45, 2.75) is 26.7 Å². The van der Waals surface area contributed by atoms with E-state index in [1.807, 2.05) is 19.1 Å². The van der Waals surface area contributed by atoms with Crippen LogP contribution in [-0.2, 0) is 9.59 Å². The van der Waals surface area contributed by atoms with Gasteiger partial charge >= 0.3 is 12.0 Å². The van der Waals surface area contributed by atoms with E-state index in [2.05, 4.69) is 17.1 Å². The highest BCUT2D eigenvalue weighted by Crippen LogP contribution is 2.29. The molecular formula is C18H21N3O4. The number of nitrogens with zero attached hydrogens (tertiary/aromatic N) is 2. The van der Waals surface area contributed by atoms with Gasteiger partial charge in [-0.2, -0.15) is 0 Å². The summed E-state index contributed by atoms with van der Waals surface area (Å²) in [4.78, 5) is 37.8. The minimum Gasteiger partial charge on any atom is -0.480 e. The molecule has 25 heavy (non-hydrogen) atoms. The molecule has 0 radical (unpaired) electrons. The van der Waals surface area contributed by atoms with Crippen molar-refractivity contribution < 1.29 is 19.5 Å². The van der Waals surface area contributed by atoms with Gasteiger partial charge in [-0.3, -0.25) is 9.59 Å². The number of anilines is 1. The van der Waals surface area contributed by atoms with E-state index < -0.39 is 24.5 Å². The summed E-state index contributed by atoms with van der Waals surface area (Å²) in [6, 6.07) is 3.26. The number of carbonyl (C=O) groups is 3. The molecule has 1 aromatic rings. The molecule has 2 aliphatic rings. The normalized spacial score (nSPS) is 19.0. The Balaban J connectivity index is 1.89.